The summed E-state index contributed by atoms with van der Waals surface area (Å²) in [6.07, 6.45) is 1.83. The second kappa shape index (κ2) is 8.87. The maximum atomic E-state index is 13.6. The molecule has 0 bridgehead atoms. The molecule has 5 nitrogen and oxygen atoms in total. The summed E-state index contributed by atoms with van der Waals surface area (Å²) in [5, 5.41) is 6.51. The lowest BCUT2D eigenvalue weighted by Gasteiger charge is -2.24. The number of anilines is 2. The van der Waals surface area contributed by atoms with Crippen LogP contribution in [0.15, 0.2) is 46.2 Å². The van der Waals surface area contributed by atoms with Gasteiger partial charge >= 0.3 is 0 Å². The first-order valence-corrected chi connectivity index (χ1v) is 11.0. The molecule has 0 atom stereocenters. The van der Waals surface area contributed by atoms with E-state index in [9.17, 15) is 17.2 Å². The molecule has 0 aliphatic carbocycles. The second-order valence-corrected chi connectivity index (χ2v) is 8.70. The molecule has 3 rings (SSSR count). The summed E-state index contributed by atoms with van der Waals surface area (Å²) >= 11 is 0. The van der Waals surface area contributed by atoms with E-state index < -0.39 is 21.5 Å². The third-order valence-corrected chi connectivity index (χ3v) is 6.53. The molecule has 1 aliphatic rings. The Balaban J connectivity index is 2.01. The maximum absolute atomic E-state index is 13.6. The Labute approximate surface area is 164 Å². The van der Waals surface area contributed by atoms with Crippen molar-refractivity contribution in [2.75, 3.05) is 42.9 Å². The molecule has 152 valence electrons. The first kappa shape index (κ1) is 20.5. The van der Waals surface area contributed by atoms with Gasteiger partial charge in [-0.15, -0.1) is 0 Å². The van der Waals surface area contributed by atoms with Crippen molar-refractivity contribution in [3.05, 3.63) is 48.0 Å². The Bertz CT molecular complexity index is 927. The Morgan fingerprint density at radius 2 is 1.89 bits per heavy atom. The van der Waals surface area contributed by atoms with Crippen molar-refractivity contribution in [2.45, 2.75) is 29.6 Å². The van der Waals surface area contributed by atoms with Crippen LogP contribution in [0.3, 0.4) is 0 Å². The van der Waals surface area contributed by atoms with Crippen LogP contribution in [0.25, 0.3) is 0 Å². The molecule has 2 aromatic carbocycles. The van der Waals surface area contributed by atoms with Gasteiger partial charge in [-0.3, -0.25) is 0 Å². The molecule has 1 heterocycles. The number of nitrogens with one attached hydrogen (secondary N) is 2. The molecule has 0 radical (unpaired) electrons. The number of halogens is 2. The largest absolute Gasteiger partial charge is 0.384 e. The molecule has 0 amide bonds. The van der Waals surface area contributed by atoms with Gasteiger partial charge in [-0.2, -0.15) is 0 Å². The van der Waals surface area contributed by atoms with Crippen LogP contribution in [-0.4, -0.2) is 41.1 Å². The van der Waals surface area contributed by atoms with Gasteiger partial charge in [0.05, 0.1) is 15.5 Å². The van der Waals surface area contributed by atoms with E-state index in [4.69, 9.17) is 0 Å². The number of hydrogen-bond acceptors (Lipinski definition) is 5. The zero-order valence-corrected chi connectivity index (χ0v) is 16.7. The zero-order valence-electron chi connectivity index (χ0n) is 15.8. The van der Waals surface area contributed by atoms with Gasteiger partial charge in [0.2, 0.25) is 9.84 Å². The molecule has 0 spiro atoms. The summed E-state index contributed by atoms with van der Waals surface area (Å²) in [6.45, 7) is 6.14. The first-order chi connectivity index (χ1) is 13.4. The lowest BCUT2D eigenvalue weighted by atomic mass is 10.2. The van der Waals surface area contributed by atoms with E-state index in [2.05, 4.69) is 15.5 Å². The molecule has 8 heteroatoms. The van der Waals surface area contributed by atoms with E-state index in [0.717, 1.165) is 62.9 Å². The third kappa shape index (κ3) is 4.44. The van der Waals surface area contributed by atoms with Gasteiger partial charge < -0.3 is 15.5 Å². The molecule has 2 N–H and O–H groups in total. The summed E-state index contributed by atoms with van der Waals surface area (Å²) in [5.74, 6) is -2.26. The summed E-state index contributed by atoms with van der Waals surface area (Å²) in [5.41, 5.74) is 1.41. The van der Waals surface area contributed by atoms with Gasteiger partial charge in [0.1, 0.15) is 0 Å². The van der Waals surface area contributed by atoms with Gasteiger partial charge in [-0.05, 0) is 55.8 Å². The number of sulfone groups is 1. The quantitative estimate of drug-likeness (QED) is 0.716. The van der Waals surface area contributed by atoms with Crippen molar-refractivity contribution < 1.29 is 17.2 Å². The van der Waals surface area contributed by atoms with Crippen molar-refractivity contribution >= 4 is 21.2 Å². The van der Waals surface area contributed by atoms with Crippen LogP contribution < -0.4 is 15.5 Å². The standard InChI is InChI=1S/C20H25F2N3O2S/c1-2-8-24-19-13-15(25-11-3-9-23-10-12-25)4-7-20(19)28(26,27)16-5-6-17(21)18(22)14-16/h4-7,13-14,23-24H,2-3,8-12H2,1H3. The van der Waals surface area contributed by atoms with Gasteiger partial charge in [-0.25, -0.2) is 17.2 Å². The Morgan fingerprint density at radius 1 is 1.07 bits per heavy atom. The fourth-order valence-electron chi connectivity index (χ4n) is 3.22. The van der Waals surface area contributed by atoms with Gasteiger partial charge in [0.25, 0.3) is 0 Å². The highest BCUT2D eigenvalue weighted by Gasteiger charge is 2.24. The molecule has 1 fully saturated rings. The lowest BCUT2D eigenvalue weighted by Crippen LogP contribution is -2.28. The minimum Gasteiger partial charge on any atom is -0.384 e. The third-order valence-electron chi connectivity index (χ3n) is 4.72. The van der Waals surface area contributed by atoms with Crippen LogP contribution in [0.4, 0.5) is 20.2 Å². The minimum absolute atomic E-state index is 0.0589. The highest BCUT2D eigenvalue weighted by molar-refractivity contribution is 7.91. The van der Waals surface area contributed by atoms with E-state index >= 15 is 0 Å². The van der Waals surface area contributed by atoms with Crippen molar-refractivity contribution in [3.8, 4) is 0 Å². The monoisotopic (exact) mass is 409 g/mol. The van der Waals surface area contributed by atoms with E-state index in [1.807, 2.05) is 13.0 Å². The van der Waals surface area contributed by atoms with Crippen LogP contribution in [0.1, 0.15) is 19.8 Å². The highest BCUT2D eigenvalue weighted by atomic mass is 32.2. The topological polar surface area (TPSA) is 61.4 Å². The summed E-state index contributed by atoms with van der Waals surface area (Å²) in [7, 11) is -3.99. The molecule has 1 saturated heterocycles. The molecule has 28 heavy (non-hydrogen) atoms. The van der Waals surface area contributed by atoms with Crippen LogP contribution >= 0.6 is 0 Å². The highest BCUT2D eigenvalue weighted by Crippen LogP contribution is 2.32. The van der Waals surface area contributed by atoms with E-state index in [1.165, 1.54) is 0 Å². The van der Waals surface area contributed by atoms with E-state index in [1.54, 1.807) is 12.1 Å². The zero-order chi connectivity index (χ0) is 20.1. The molecular formula is C20H25F2N3O2S. The second-order valence-electron chi connectivity index (χ2n) is 6.78. The predicted octanol–water partition coefficient (Wildman–Crippen LogP) is 3.42. The number of benzene rings is 2. The molecular weight excluding hydrogens is 384 g/mol. The predicted molar refractivity (Wildman–Crippen MR) is 107 cm³/mol. The van der Waals surface area contributed by atoms with Crippen molar-refractivity contribution in [1.82, 2.24) is 5.32 Å². The average molecular weight is 410 g/mol. The number of hydrogen-bond donors (Lipinski definition) is 2. The van der Waals surface area contributed by atoms with Crippen LogP contribution in [0, 0.1) is 11.6 Å². The van der Waals surface area contributed by atoms with E-state index in [0.29, 0.717) is 12.2 Å². The fraction of sp³-hybridized carbons (Fsp3) is 0.400. The summed E-state index contributed by atoms with van der Waals surface area (Å²) in [6, 6.07) is 7.79. The van der Waals surface area contributed by atoms with E-state index in [-0.39, 0.29) is 9.79 Å². The van der Waals surface area contributed by atoms with Crippen molar-refractivity contribution in [3.63, 3.8) is 0 Å². The number of nitrogens with zero attached hydrogens (tertiary/aromatic N) is 1. The SMILES string of the molecule is CCCNc1cc(N2CCCNCC2)ccc1S(=O)(=O)c1ccc(F)c(F)c1. The molecule has 0 aromatic heterocycles. The van der Waals surface area contributed by atoms with Crippen LogP contribution in [-0.2, 0) is 9.84 Å². The lowest BCUT2D eigenvalue weighted by molar-refractivity contribution is 0.504. The summed E-state index contributed by atoms with van der Waals surface area (Å²) < 4.78 is 53.0. The van der Waals surface area contributed by atoms with Crippen LogP contribution in [0.5, 0.6) is 0 Å². The molecule has 2 aromatic rings. The van der Waals surface area contributed by atoms with Crippen LogP contribution in [0.2, 0.25) is 0 Å². The maximum Gasteiger partial charge on any atom is 0.208 e. The van der Waals surface area contributed by atoms with Gasteiger partial charge in [0.15, 0.2) is 11.6 Å². The normalized spacial score (nSPS) is 15.3. The first-order valence-electron chi connectivity index (χ1n) is 9.47. The van der Waals surface area contributed by atoms with Gasteiger partial charge in [-0.1, -0.05) is 6.92 Å². The van der Waals surface area contributed by atoms with Crippen molar-refractivity contribution in [2.24, 2.45) is 0 Å². The molecule has 0 saturated carbocycles. The average Bonchev–Trinajstić information content (AvgIpc) is 2.97. The smallest absolute Gasteiger partial charge is 0.208 e. The fourth-order valence-corrected chi connectivity index (χ4v) is 4.65. The number of rotatable bonds is 6. The van der Waals surface area contributed by atoms with Gasteiger partial charge in [0, 0.05) is 31.9 Å². The Hall–Kier alpha value is -2.19. The minimum atomic E-state index is -3.99. The summed E-state index contributed by atoms with van der Waals surface area (Å²) in [4.78, 5) is 2.01. The Morgan fingerprint density at radius 3 is 2.64 bits per heavy atom. The molecule has 1 aliphatic heterocycles. The Kier molecular flexibility index (Phi) is 6.51. The molecule has 0 unspecified atom stereocenters. The van der Waals surface area contributed by atoms with Crippen molar-refractivity contribution in [1.29, 1.82) is 0 Å².